The van der Waals surface area contributed by atoms with Gasteiger partial charge in [0.2, 0.25) is 0 Å². The molecule has 0 saturated carbocycles. The van der Waals surface area contributed by atoms with Gasteiger partial charge in [-0.3, -0.25) is 0 Å². The van der Waals surface area contributed by atoms with E-state index in [1.807, 2.05) is 78.1 Å². The van der Waals surface area contributed by atoms with Crippen molar-refractivity contribution in [3.8, 4) is 39.9 Å². The molecular weight excluding hydrogens is 645 g/mol. The first-order chi connectivity index (χ1) is 25.2. The standard InChI is InChI=1S/C45H26N4OS/c1-3-11-27(12-4-1)43-46-44(28-13-5-2-6-14-28)48-45(47-43)29-19-21-32-33-22-20-30(24-40(33)50-39(32)23-29)49-37-17-9-7-15-31(37)35-26-42-36(25-38(35)49)34-16-8-10-18-41(34)51-42/h1-26H. The lowest BCUT2D eigenvalue weighted by molar-refractivity contribution is 0.668. The molecule has 4 aromatic heterocycles. The summed E-state index contributed by atoms with van der Waals surface area (Å²) in [6, 6.07) is 55.0. The highest BCUT2D eigenvalue weighted by molar-refractivity contribution is 7.25. The van der Waals surface area contributed by atoms with Gasteiger partial charge < -0.3 is 8.98 Å². The summed E-state index contributed by atoms with van der Waals surface area (Å²) >= 11 is 1.86. The molecule has 11 aromatic rings. The SMILES string of the molecule is c1ccc(-c2nc(-c3ccccc3)nc(-c3ccc4c(c3)oc3cc(-n5c6ccccc6c6cc7sc8ccccc8c7cc65)ccc34)n2)cc1. The minimum Gasteiger partial charge on any atom is -0.456 e. The molecule has 0 aliphatic carbocycles. The Morgan fingerprint density at radius 3 is 1.75 bits per heavy atom. The fourth-order valence-corrected chi connectivity index (χ4v) is 8.57. The van der Waals surface area contributed by atoms with Gasteiger partial charge in [0.1, 0.15) is 11.2 Å². The van der Waals surface area contributed by atoms with Crippen LogP contribution in [-0.2, 0) is 0 Å². The summed E-state index contributed by atoms with van der Waals surface area (Å²) in [5, 5.41) is 7.19. The number of para-hydroxylation sites is 1. The number of aromatic nitrogens is 4. The van der Waals surface area contributed by atoms with Gasteiger partial charge in [-0.2, -0.15) is 0 Å². The number of hydrogen-bond acceptors (Lipinski definition) is 5. The van der Waals surface area contributed by atoms with Crippen LogP contribution < -0.4 is 0 Å². The van der Waals surface area contributed by atoms with E-state index in [4.69, 9.17) is 19.4 Å². The van der Waals surface area contributed by atoms with Crippen LogP contribution in [0.4, 0.5) is 0 Å². The van der Waals surface area contributed by atoms with Gasteiger partial charge in [-0.05, 0) is 48.5 Å². The number of thiophene rings is 1. The summed E-state index contributed by atoms with van der Waals surface area (Å²) in [6.07, 6.45) is 0. The van der Waals surface area contributed by atoms with Crippen molar-refractivity contribution in [1.29, 1.82) is 0 Å². The Morgan fingerprint density at radius 1 is 0.392 bits per heavy atom. The summed E-state index contributed by atoms with van der Waals surface area (Å²) < 4.78 is 11.6. The second-order valence-electron chi connectivity index (χ2n) is 12.8. The zero-order chi connectivity index (χ0) is 33.5. The lowest BCUT2D eigenvalue weighted by atomic mass is 10.1. The molecule has 0 atom stereocenters. The Hall–Kier alpha value is -6.63. The monoisotopic (exact) mass is 670 g/mol. The van der Waals surface area contributed by atoms with Gasteiger partial charge in [0, 0.05) is 70.2 Å². The van der Waals surface area contributed by atoms with Gasteiger partial charge in [0.15, 0.2) is 17.5 Å². The topological polar surface area (TPSA) is 56.7 Å². The first-order valence-corrected chi connectivity index (χ1v) is 17.8. The van der Waals surface area contributed by atoms with Gasteiger partial charge in [-0.25, -0.2) is 15.0 Å². The smallest absolute Gasteiger partial charge is 0.164 e. The molecule has 5 nitrogen and oxygen atoms in total. The maximum absolute atomic E-state index is 6.64. The molecular formula is C45H26N4OS. The molecule has 0 aliphatic heterocycles. The zero-order valence-corrected chi connectivity index (χ0v) is 27.9. The van der Waals surface area contributed by atoms with E-state index in [2.05, 4.69) is 95.6 Å². The van der Waals surface area contributed by atoms with E-state index < -0.39 is 0 Å². The van der Waals surface area contributed by atoms with Crippen molar-refractivity contribution in [2.75, 3.05) is 0 Å². The van der Waals surface area contributed by atoms with E-state index in [1.165, 1.54) is 42.0 Å². The van der Waals surface area contributed by atoms with Gasteiger partial charge in [-0.1, -0.05) is 103 Å². The average molecular weight is 671 g/mol. The number of rotatable bonds is 4. The van der Waals surface area contributed by atoms with Crippen LogP contribution in [0.15, 0.2) is 162 Å². The predicted octanol–water partition coefficient (Wildman–Crippen LogP) is 12.2. The molecule has 0 aliphatic rings. The number of nitrogens with zero attached hydrogens (tertiary/aromatic N) is 4. The molecule has 0 spiro atoms. The van der Waals surface area contributed by atoms with E-state index in [0.29, 0.717) is 17.5 Å². The molecule has 0 fully saturated rings. The minimum absolute atomic E-state index is 0.600. The summed E-state index contributed by atoms with van der Waals surface area (Å²) in [6.45, 7) is 0. The summed E-state index contributed by atoms with van der Waals surface area (Å²) in [4.78, 5) is 14.7. The predicted molar refractivity (Wildman–Crippen MR) is 211 cm³/mol. The minimum atomic E-state index is 0.600. The lowest BCUT2D eigenvalue weighted by Crippen LogP contribution is -2.00. The second kappa shape index (κ2) is 10.9. The molecule has 0 N–H and O–H groups in total. The van der Waals surface area contributed by atoms with Crippen LogP contribution in [0, 0.1) is 0 Å². The quantitative estimate of drug-likeness (QED) is 0.187. The molecule has 0 bridgehead atoms. The number of hydrogen-bond donors (Lipinski definition) is 0. The van der Waals surface area contributed by atoms with Gasteiger partial charge in [0.25, 0.3) is 0 Å². The van der Waals surface area contributed by atoms with Crippen LogP contribution in [0.2, 0.25) is 0 Å². The van der Waals surface area contributed by atoms with Gasteiger partial charge >= 0.3 is 0 Å². The zero-order valence-electron chi connectivity index (χ0n) is 27.1. The van der Waals surface area contributed by atoms with E-state index in [9.17, 15) is 0 Å². The van der Waals surface area contributed by atoms with Crippen molar-refractivity contribution >= 4 is 75.3 Å². The maximum atomic E-state index is 6.64. The van der Waals surface area contributed by atoms with E-state index in [0.717, 1.165) is 44.3 Å². The molecule has 7 aromatic carbocycles. The summed E-state index contributed by atoms with van der Waals surface area (Å²) in [5.41, 5.74) is 7.78. The third kappa shape index (κ3) is 4.43. The largest absolute Gasteiger partial charge is 0.456 e. The van der Waals surface area contributed by atoms with Crippen LogP contribution in [0.3, 0.4) is 0 Å². The molecule has 0 amide bonds. The molecule has 6 heteroatoms. The number of benzene rings is 7. The first kappa shape index (κ1) is 28.2. The molecule has 51 heavy (non-hydrogen) atoms. The molecule has 4 heterocycles. The molecule has 0 saturated heterocycles. The Kier molecular flexibility index (Phi) is 6.05. The van der Waals surface area contributed by atoms with Gasteiger partial charge in [0.05, 0.1) is 11.0 Å². The number of fused-ring (bicyclic) bond motifs is 9. The van der Waals surface area contributed by atoms with Crippen LogP contribution in [0.1, 0.15) is 0 Å². The Labute approximate surface area is 295 Å². The lowest BCUT2D eigenvalue weighted by Gasteiger charge is -2.08. The highest BCUT2D eigenvalue weighted by atomic mass is 32.1. The van der Waals surface area contributed by atoms with Crippen LogP contribution in [0.5, 0.6) is 0 Å². The first-order valence-electron chi connectivity index (χ1n) is 16.9. The van der Waals surface area contributed by atoms with Crippen molar-refractivity contribution in [1.82, 2.24) is 19.5 Å². The second-order valence-corrected chi connectivity index (χ2v) is 13.9. The van der Waals surface area contributed by atoms with Crippen LogP contribution in [0.25, 0.3) is 104 Å². The van der Waals surface area contributed by atoms with E-state index in [-0.39, 0.29) is 0 Å². The fourth-order valence-electron chi connectivity index (χ4n) is 7.45. The van der Waals surface area contributed by atoms with E-state index in [1.54, 1.807) is 0 Å². The average Bonchev–Trinajstić information content (AvgIpc) is 3.85. The number of furan rings is 1. The third-order valence-corrected chi connectivity index (χ3v) is 11.0. The van der Waals surface area contributed by atoms with Crippen LogP contribution in [-0.4, -0.2) is 19.5 Å². The molecule has 11 rings (SSSR count). The maximum Gasteiger partial charge on any atom is 0.164 e. The Morgan fingerprint density at radius 2 is 1.00 bits per heavy atom. The Bertz CT molecular complexity index is 3080. The highest BCUT2D eigenvalue weighted by Gasteiger charge is 2.18. The molecule has 0 unspecified atom stereocenters. The van der Waals surface area contributed by atoms with Gasteiger partial charge in [-0.15, -0.1) is 11.3 Å². The Balaban J connectivity index is 1.07. The molecule has 0 radical (unpaired) electrons. The van der Waals surface area contributed by atoms with Crippen molar-refractivity contribution in [3.63, 3.8) is 0 Å². The van der Waals surface area contributed by atoms with Crippen LogP contribution >= 0.6 is 11.3 Å². The van der Waals surface area contributed by atoms with Crippen molar-refractivity contribution in [3.05, 3.63) is 158 Å². The fraction of sp³-hybridized carbons (Fsp3) is 0. The van der Waals surface area contributed by atoms with Crippen molar-refractivity contribution in [2.24, 2.45) is 0 Å². The van der Waals surface area contributed by atoms with Crippen molar-refractivity contribution < 1.29 is 4.42 Å². The normalized spacial score (nSPS) is 11.9. The third-order valence-electron chi connectivity index (χ3n) is 9.84. The molecule has 238 valence electrons. The highest BCUT2D eigenvalue weighted by Crippen LogP contribution is 2.41. The summed E-state index contributed by atoms with van der Waals surface area (Å²) in [5.74, 6) is 1.86. The van der Waals surface area contributed by atoms with Crippen molar-refractivity contribution in [2.45, 2.75) is 0 Å². The van der Waals surface area contributed by atoms with E-state index >= 15 is 0 Å². The summed E-state index contributed by atoms with van der Waals surface area (Å²) in [7, 11) is 0.